The van der Waals surface area contributed by atoms with E-state index in [2.05, 4.69) is 4.98 Å². The lowest BCUT2D eigenvalue weighted by atomic mass is 9.89. The quantitative estimate of drug-likeness (QED) is 0.772. The van der Waals surface area contributed by atoms with Gasteiger partial charge >= 0.3 is 0 Å². The van der Waals surface area contributed by atoms with E-state index in [0.29, 0.717) is 16.8 Å². The molecule has 1 fully saturated rings. The van der Waals surface area contributed by atoms with Crippen molar-refractivity contribution >= 4 is 20.8 Å². The lowest BCUT2D eigenvalue weighted by Gasteiger charge is -2.38. The molecule has 134 valence electrons. The molecule has 5 nitrogen and oxygen atoms in total. The molecular weight excluding hydrogens is 346 g/mol. The Bertz CT molecular complexity index is 1020. The van der Waals surface area contributed by atoms with Gasteiger partial charge in [-0.2, -0.15) is 4.31 Å². The molecule has 26 heavy (non-hydrogen) atoms. The third-order valence-electron chi connectivity index (χ3n) is 5.09. The van der Waals surface area contributed by atoms with Crippen LogP contribution in [0.15, 0.2) is 71.9 Å². The molecule has 3 aromatic rings. The number of nitrogens with two attached hydrogens (primary N) is 1. The summed E-state index contributed by atoms with van der Waals surface area (Å²) in [5.41, 5.74) is 7.54. The predicted octanol–water partition coefficient (Wildman–Crippen LogP) is 3.09. The van der Waals surface area contributed by atoms with Gasteiger partial charge in [-0.05, 0) is 30.5 Å². The van der Waals surface area contributed by atoms with Crippen LogP contribution in [0.5, 0.6) is 0 Å². The number of pyridine rings is 1. The number of hydrogen-bond donors (Lipinski definition) is 1. The summed E-state index contributed by atoms with van der Waals surface area (Å²) < 4.78 is 28.3. The van der Waals surface area contributed by atoms with Crippen molar-refractivity contribution in [1.29, 1.82) is 0 Å². The van der Waals surface area contributed by atoms with Gasteiger partial charge in [-0.1, -0.05) is 42.5 Å². The summed E-state index contributed by atoms with van der Waals surface area (Å²) in [6.07, 6.45) is 4.39. The van der Waals surface area contributed by atoms with Crippen LogP contribution in [0.25, 0.3) is 10.8 Å². The summed E-state index contributed by atoms with van der Waals surface area (Å²) in [4.78, 5) is 4.38. The first-order chi connectivity index (χ1) is 12.6. The van der Waals surface area contributed by atoms with E-state index in [9.17, 15) is 8.42 Å². The van der Waals surface area contributed by atoms with Crippen molar-refractivity contribution in [2.24, 2.45) is 5.73 Å². The van der Waals surface area contributed by atoms with Crippen LogP contribution in [0.3, 0.4) is 0 Å². The Hall–Kier alpha value is -2.28. The van der Waals surface area contributed by atoms with E-state index in [0.717, 1.165) is 23.8 Å². The maximum absolute atomic E-state index is 13.4. The van der Waals surface area contributed by atoms with Crippen LogP contribution >= 0.6 is 0 Å². The molecule has 2 aromatic carbocycles. The maximum atomic E-state index is 13.4. The van der Waals surface area contributed by atoms with Crippen molar-refractivity contribution in [3.8, 4) is 0 Å². The van der Waals surface area contributed by atoms with Gasteiger partial charge in [0.2, 0.25) is 10.0 Å². The smallest absolute Gasteiger partial charge is 0.245 e. The van der Waals surface area contributed by atoms with E-state index in [1.54, 1.807) is 30.6 Å². The van der Waals surface area contributed by atoms with E-state index < -0.39 is 16.2 Å². The van der Waals surface area contributed by atoms with Crippen LogP contribution in [0, 0.1) is 0 Å². The third kappa shape index (κ3) is 2.90. The van der Waals surface area contributed by atoms with Crippen molar-refractivity contribution < 1.29 is 8.42 Å². The van der Waals surface area contributed by atoms with E-state index in [-0.39, 0.29) is 5.92 Å². The highest BCUT2D eigenvalue weighted by Crippen LogP contribution is 2.35. The summed E-state index contributed by atoms with van der Waals surface area (Å²) in [6, 6.07) is 16.9. The highest BCUT2D eigenvalue weighted by Gasteiger charge is 2.38. The zero-order valence-corrected chi connectivity index (χ0v) is 15.1. The van der Waals surface area contributed by atoms with Gasteiger partial charge in [0.15, 0.2) is 0 Å². The summed E-state index contributed by atoms with van der Waals surface area (Å²) in [6.45, 7) is 0.439. The maximum Gasteiger partial charge on any atom is 0.245 e. The normalized spacial score (nSPS) is 21.7. The van der Waals surface area contributed by atoms with E-state index in [1.807, 2.05) is 36.4 Å². The molecule has 1 saturated heterocycles. The van der Waals surface area contributed by atoms with Crippen molar-refractivity contribution in [3.05, 3.63) is 72.6 Å². The third-order valence-corrected chi connectivity index (χ3v) is 7.05. The molecule has 1 aromatic heterocycles. The van der Waals surface area contributed by atoms with Crippen LogP contribution in [-0.2, 0) is 10.0 Å². The number of hydrogen-bond acceptors (Lipinski definition) is 4. The molecule has 2 N–H and O–H groups in total. The zero-order chi connectivity index (χ0) is 18.1. The Labute approximate surface area is 153 Å². The lowest BCUT2D eigenvalue weighted by molar-refractivity contribution is 0.226. The monoisotopic (exact) mass is 367 g/mol. The molecule has 4 rings (SSSR count). The molecule has 0 spiro atoms. The first kappa shape index (κ1) is 17.1. The van der Waals surface area contributed by atoms with Gasteiger partial charge in [0, 0.05) is 35.6 Å². The minimum atomic E-state index is -3.70. The van der Waals surface area contributed by atoms with Crippen molar-refractivity contribution in [2.45, 2.75) is 29.8 Å². The summed E-state index contributed by atoms with van der Waals surface area (Å²) in [5, 5.41) is 1.48. The molecule has 0 radical (unpaired) electrons. The Morgan fingerprint density at radius 3 is 2.65 bits per heavy atom. The topological polar surface area (TPSA) is 76.3 Å². The van der Waals surface area contributed by atoms with Crippen LogP contribution in [-0.4, -0.2) is 30.4 Å². The van der Waals surface area contributed by atoms with Crippen LogP contribution in [0.2, 0.25) is 0 Å². The SMILES string of the molecule is NC1C(c2ccccc2)CCCN1S(=O)(=O)c1cccc2cnccc12. The Kier molecular flexibility index (Phi) is 4.48. The molecule has 6 heteroatoms. The number of sulfonamides is 1. The number of nitrogens with zero attached hydrogens (tertiary/aromatic N) is 2. The van der Waals surface area contributed by atoms with Crippen LogP contribution < -0.4 is 5.73 Å². The fourth-order valence-corrected chi connectivity index (χ4v) is 5.58. The predicted molar refractivity (Wildman–Crippen MR) is 102 cm³/mol. The molecule has 0 amide bonds. The minimum Gasteiger partial charge on any atom is -0.314 e. The van der Waals surface area contributed by atoms with Crippen molar-refractivity contribution in [3.63, 3.8) is 0 Å². The molecule has 0 aliphatic carbocycles. The average molecular weight is 367 g/mol. The van der Waals surface area contributed by atoms with Gasteiger partial charge in [0.25, 0.3) is 0 Å². The standard InChI is InChI=1S/C20H21N3O2S/c21-20-18(15-6-2-1-3-7-15)9-5-13-23(20)26(24,25)19-10-4-8-16-14-22-12-11-17(16)19/h1-4,6-8,10-12,14,18,20H,5,9,13,21H2. The number of fused-ring (bicyclic) bond motifs is 1. The van der Waals surface area contributed by atoms with E-state index in [1.165, 1.54) is 4.31 Å². The largest absolute Gasteiger partial charge is 0.314 e. The fourth-order valence-electron chi connectivity index (χ4n) is 3.78. The van der Waals surface area contributed by atoms with E-state index in [4.69, 9.17) is 5.73 Å². The summed E-state index contributed by atoms with van der Waals surface area (Å²) in [7, 11) is -3.70. The number of aromatic nitrogens is 1. The van der Waals surface area contributed by atoms with Crippen molar-refractivity contribution in [1.82, 2.24) is 9.29 Å². The second-order valence-corrected chi connectivity index (χ2v) is 8.48. The van der Waals surface area contributed by atoms with E-state index >= 15 is 0 Å². The van der Waals surface area contributed by atoms with Gasteiger partial charge in [-0.25, -0.2) is 8.42 Å². The first-order valence-electron chi connectivity index (χ1n) is 8.74. The molecule has 2 heterocycles. The zero-order valence-electron chi connectivity index (χ0n) is 14.3. The Morgan fingerprint density at radius 1 is 1.04 bits per heavy atom. The molecule has 0 saturated carbocycles. The highest BCUT2D eigenvalue weighted by molar-refractivity contribution is 7.89. The second-order valence-electron chi connectivity index (χ2n) is 6.62. The molecule has 1 aliphatic rings. The van der Waals surface area contributed by atoms with Gasteiger partial charge in [0.05, 0.1) is 11.1 Å². The molecule has 0 bridgehead atoms. The lowest BCUT2D eigenvalue weighted by Crippen LogP contribution is -2.52. The highest BCUT2D eigenvalue weighted by atomic mass is 32.2. The Balaban J connectivity index is 1.75. The van der Waals surface area contributed by atoms with Crippen LogP contribution in [0.4, 0.5) is 0 Å². The molecular formula is C20H21N3O2S. The molecule has 2 atom stereocenters. The average Bonchev–Trinajstić information content (AvgIpc) is 2.68. The number of benzene rings is 2. The van der Waals surface area contributed by atoms with Gasteiger partial charge in [0.1, 0.15) is 0 Å². The summed E-state index contributed by atoms with van der Waals surface area (Å²) >= 11 is 0. The Morgan fingerprint density at radius 2 is 1.85 bits per heavy atom. The van der Waals surface area contributed by atoms with Crippen LogP contribution in [0.1, 0.15) is 24.3 Å². The number of piperidine rings is 1. The molecule has 1 aliphatic heterocycles. The number of rotatable bonds is 3. The van der Waals surface area contributed by atoms with Gasteiger partial charge in [-0.15, -0.1) is 0 Å². The first-order valence-corrected chi connectivity index (χ1v) is 10.2. The van der Waals surface area contributed by atoms with Crippen molar-refractivity contribution in [2.75, 3.05) is 6.54 Å². The summed E-state index contributed by atoms with van der Waals surface area (Å²) in [5.74, 6) is -0.00336. The fraction of sp³-hybridized carbons (Fsp3) is 0.250. The van der Waals surface area contributed by atoms with Gasteiger partial charge in [-0.3, -0.25) is 4.98 Å². The second kappa shape index (κ2) is 6.79. The minimum absolute atomic E-state index is 0.00336. The van der Waals surface area contributed by atoms with Gasteiger partial charge < -0.3 is 5.73 Å². The molecule has 2 unspecified atom stereocenters.